The van der Waals surface area contributed by atoms with Gasteiger partial charge in [-0.15, -0.1) is 0 Å². The van der Waals surface area contributed by atoms with Gasteiger partial charge in [-0.05, 0) is 25.1 Å². The Hall–Kier alpha value is -2.70. The number of carbonyl (C=O) groups excluding carboxylic acids is 1. The van der Waals surface area contributed by atoms with Crippen LogP contribution in [0.1, 0.15) is 16.1 Å². The molecule has 0 radical (unpaired) electrons. The fourth-order valence-electron chi connectivity index (χ4n) is 1.70. The molecule has 1 aromatic heterocycles. The summed E-state index contributed by atoms with van der Waals surface area (Å²) in [7, 11) is 1.50. The zero-order chi connectivity index (χ0) is 14.0. The molecule has 0 atom stereocenters. The third-order valence-electron chi connectivity index (χ3n) is 2.63. The van der Waals surface area contributed by atoms with Gasteiger partial charge in [-0.2, -0.15) is 5.10 Å². The minimum Gasteiger partial charge on any atom is -0.355 e. The molecule has 1 aromatic carbocycles. The summed E-state index contributed by atoms with van der Waals surface area (Å²) in [5, 5.41) is 17.6. The van der Waals surface area contributed by atoms with E-state index in [1.54, 1.807) is 19.2 Å². The van der Waals surface area contributed by atoms with Crippen LogP contribution >= 0.6 is 0 Å². The monoisotopic (exact) mass is 260 g/mol. The van der Waals surface area contributed by atoms with Crippen molar-refractivity contribution in [2.45, 2.75) is 6.92 Å². The molecule has 2 rings (SSSR count). The largest absolute Gasteiger partial charge is 0.355 e. The molecule has 0 saturated carbocycles. The fourth-order valence-corrected chi connectivity index (χ4v) is 1.70. The second-order valence-electron chi connectivity index (χ2n) is 3.94. The highest BCUT2D eigenvalue weighted by molar-refractivity contribution is 5.95. The molecule has 0 aliphatic rings. The van der Waals surface area contributed by atoms with Gasteiger partial charge in [0.05, 0.1) is 10.6 Å². The molecule has 0 unspecified atom stereocenters. The van der Waals surface area contributed by atoms with E-state index in [4.69, 9.17) is 0 Å². The Morgan fingerprint density at radius 1 is 1.42 bits per heavy atom. The van der Waals surface area contributed by atoms with Crippen LogP contribution in [-0.2, 0) is 0 Å². The molecular formula is C12H12N4O3. The minimum atomic E-state index is -0.500. The molecule has 1 N–H and O–H groups in total. The summed E-state index contributed by atoms with van der Waals surface area (Å²) in [5.41, 5.74) is 1.24. The predicted molar refractivity (Wildman–Crippen MR) is 68.3 cm³/mol. The summed E-state index contributed by atoms with van der Waals surface area (Å²) in [6.07, 6.45) is 1.62. The van der Waals surface area contributed by atoms with E-state index in [2.05, 4.69) is 10.4 Å². The van der Waals surface area contributed by atoms with Crippen molar-refractivity contribution in [3.63, 3.8) is 0 Å². The van der Waals surface area contributed by atoms with E-state index in [9.17, 15) is 14.9 Å². The molecule has 0 saturated heterocycles. The lowest BCUT2D eigenvalue weighted by Gasteiger charge is -2.06. The highest BCUT2D eigenvalue weighted by Crippen LogP contribution is 2.23. The summed E-state index contributed by atoms with van der Waals surface area (Å²) >= 11 is 0. The maximum absolute atomic E-state index is 11.6. The first kappa shape index (κ1) is 12.7. The smallest absolute Gasteiger partial charge is 0.294 e. The van der Waals surface area contributed by atoms with Crippen molar-refractivity contribution in [1.29, 1.82) is 0 Å². The summed E-state index contributed by atoms with van der Waals surface area (Å²) in [5.74, 6) is -0.306. The van der Waals surface area contributed by atoms with Crippen LogP contribution in [0, 0.1) is 17.0 Å². The van der Waals surface area contributed by atoms with E-state index >= 15 is 0 Å². The van der Waals surface area contributed by atoms with E-state index in [-0.39, 0.29) is 17.3 Å². The van der Waals surface area contributed by atoms with Crippen LogP contribution in [0.15, 0.2) is 30.5 Å². The van der Waals surface area contributed by atoms with Gasteiger partial charge in [-0.3, -0.25) is 14.9 Å². The molecule has 0 aliphatic carbocycles. The molecule has 0 spiro atoms. The molecule has 0 fully saturated rings. The van der Waals surface area contributed by atoms with Gasteiger partial charge >= 0.3 is 0 Å². The average Bonchev–Trinajstić information content (AvgIpc) is 2.83. The number of nitro groups is 1. The molecule has 98 valence electrons. The number of nitro benzene ring substituents is 1. The van der Waals surface area contributed by atoms with Crippen LogP contribution in [0.5, 0.6) is 0 Å². The maximum atomic E-state index is 11.6. The number of aryl methyl sites for hydroxylation is 1. The SMILES string of the molecule is CNC(=O)c1ccc([N+](=O)[O-])c(-n2ccc(C)n2)c1. The van der Waals surface area contributed by atoms with E-state index < -0.39 is 4.92 Å². The zero-order valence-corrected chi connectivity index (χ0v) is 10.5. The normalized spacial score (nSPS) is 10.2. The van der Waals surface area contributed by atoms with Crippen LogP contribution in [0.2, 0.25) is 0 Å². The van der Waals surface area contributed by atoms with Crippen molar-refractivity contribution in [2.75, 3.05) is 7.05 Å². The number of nitrogens with zero attached hydrogens (tertiary/aromatic N) is 3. The van der Waals surface area contributed by atoms with Crippen LogP contribution in [0.25, 0.3) is 5.69 Å². The van der Waals surface area contributed by atoms with Gasteiger partial charge in [-0.1, -0.05) is 0 Å². The first-order valence-electron chi connectivity index (χ1n) is 5.56. The van der Waals surface area contributed by atoms with Crippen molar-refractivity contribution in [2.24, 2.45) is 0 Å². The molecule has 19 heavy (non-hydrogen) atoms. The molecule has 0 bridgehead atoms. The van der Waals surface area contributed by atoms with Gasteiger partial charge in [0.25, 0.3) is 11.6 Å². The van der Waals surface area contributed by atoms with Crippen molar-refractivity contribution >= 4 is 11.6 Å². The topological polar surface area (TPSA) is 90.1 Å². The van der Waals surface area contributed by atoms with Gasteiger partial charge in [0, 0.05) is 24.9 Å². The number of benzene rings is 1. The Morgan fingerprint density at radius 3 is 2.68 bits per heavy atom. The van der Waals surface area contributed by atoms with Crippen molar-refractivity contribution in [3.8, 4) is 5.69 Å². The number of carbonyl (C=O) groups is 1. The van der Waals surface area contributed by atoms with E-state index in [0.29, 0.717) is 5.56 Å². The predicted octanol–water partition coefficient (Wildman–Crippen LogP) is 1.45. The highest BCUT2D eigenvalue weighted by atomic mass is 16.6. The molecule has 0 aliphatic heterocycles. The Bertz CT molecular complexity index is 648. The zero-order valence-electron chi connectivity index (χ0n) is 10.5. The van der Waals surface area contributed by atoms with Crippen LogP contribution in [-0.4, -0.2) is 27.7 Å². The van der Waals surface area contributed by atoms with Crippen molar-refractivity contribution < 1.29 is 9.72 Å². The van der Waals surface area contributed by atoms with E-state index in [1.807, 2.05) is 0 Å². The lowest BCUT2D eigenvalue weighted by atomic mass is 10.1. The fraction of sp³-hybridized carbons (Fsp3) is 0.167. The maximum Gasteiger partial charge on any atom is 0.294 e. The van der Waals surface area contributed by atoms with Gasteiger partial charge < -0.3 is 5.32 Å². The minimum absolute atomic E-state index is 0.101. The number of hydrogen-bond donors (Lipinski definition) is 1. The number of rotatable bonds is 3. The van der Waals surface area contributed by atoms with E-state index in [1.165, 1.54) is 29.9 Å². The number of aromatic nitrogens is 2. The van der Waals surface area contributed by atoms with Gasteiger partial charge in [0.15, 0.2) is 0 Å². The third kappa shape index (κ3) is 2.44. The molecule has 1 amide bonds. The third-order valence-corrected chi connectivity index (χ3v) is 2.63. The van der Waals surface area contributed by atoms with Gasteiger partial charge in [0.1, 0.15) is 5.69 Å². The lowest BCUT2D eigenvalue weighted by molar-refractivity contribution is -0.384. The Balaban J connectivity index is 2.60. The second kappa shape index (κ2) is 4.89. The summed E-state index contributed by atoms with van der Waals surface area (Å²) < 4.78 is 1.39. The summed E-state index contributed by atoms with van der Waals surface area (Å²) in [6.45, 7) is 1.78. The van der Waals surface area contributed by atoms with Crippen LogP contribution in [0.4, 0.5) is 5.69 Å². The molecule has 7 heteroatoms. The Morgan fingerprint density at radius 2 is 2.16 bits per heavy atom. The van der Waals surface area contributed by atoms with Crippen molar-refractivity contribution in [1.82, 2.24) is 15.1 Å². The lowest BCUT2D eigenvalue weighted by Crippen LogP contribution is -2.18. The molecule has 2 aromatic rings. The number of hydrogen-bond acceptors (Lipinski definition) is 4. The average molecular weight is 260 g/mol. The second-order valence-corrected chi connectivity index (χ2v) is 3.94. The standard InChI is InChI=1S/C12H12N4O3/c1-8-5-6-15(14-8)11-7-9(12(17)13-2)3-4-10(11)16(18)19/h3-7H,1-2H3,(H,13,17). The van der Waals surface area contributed by atoms with Gasteiger partial charge in [-0.25, -0.2) is 4.68 Å². The molecule has 1 heterocycles. The first-order valence-corrected chi connectivity index (χ1v) is 5.56. The Kier molecular flexibility index (Phi) is 3.28. The van der Waals surface area contributed by atoms with Crippen molar-refractivity contribution in [3.05, 3.63) is 51.8 Å². The van der Waals surface area contributed by atoms with E-state index in [0.717, 1.165) is 5.69 Å². The van der Waals surface area contributed by atoms with Crippen LogP contribution in [0.3, 0.4) is 0 Å². The first-order chi connectivity index (χ1) is 9.02. The van der Waals surface area contributed by atoms with Gasteiger partial charge in [0.2, 0.25) is 0 Å². The molecular weight excluding hydrogens is 248 g/mol. The number of nitrogens with one attached hydrogen (secondary N) is 1. The highest BCUT2D eigenvalue weighted by Gasteiger charge is 2.18. The summed E-state index contributed by atoms with van der Waals surface area (Å²) in [6, 6.07) is 5.90. The Labute approximate surface area is 109 Å². The summed E-state index contributed by atoms with van der Waals surface area (Å²) in [4.78, 5) is 22.1. The van der Waals surface area contributed by atoms with Crippen LogP contribution < -0.4 is 5.32 Å². The number of amides is 1. The molecule has 7 nitrogen and oxygen atoms in total. The quantitative estimate of drug-likeness (QED) is 0.668.